The second-order valence-corrected chi connectivity index (χ2v) is 6.17. The van der Waals surface area contributed by atoms with Gasteiger partial charge >= 0.3 is 0 Å². The van der Waals surface area contributed by atoms with Crippen LogP contribution in [-0.2, 0) is 6.54 Å². The molecule has 0 radical (unpaired) electrons. The highest BCUT2D eigenvalue weighted by atomic mass is 16.4. The zero-order valence-electron chi connectivity index (χ0n) is 13.2. The van der Waals surface area contributed by atoms with Crippen molar-refractivity contribution in [3.05, 3.63) is 35.4 Å². The van der Waals surface area contributed by atoms with Crippen molar-refractivity contribution in [3.63, 3.8) is 0 Å². The normalized spacial score (nSPS) is 19.6. The van der Waals surface area contributed by atoms with Crippen LogP contribution in [0, 0.1) is 5.41 Å². The van der Waals surface area contributed by atoms with Crippen LogP contribution in [0.1, 0.15) is 50.7 Å². The van der Waals surface area contributed by atoms with Crippen molar-refractivity contribution in [3.8, 4) is 0 Å². The first-order chi connectivity index (χ1) is 10.1. The summed E-state index contributed by atoms with van der Waals surface area (Å²) in [7, 11) is 0. The Hall–Kier alpha value is -1.55. The van der Waals surface area contributed by atoms with Crippen molar-refractivity contribution >= 4 is 5.84 Å². The van der Waals surface area contributed by atoms with Gasteiger partial charge in [-0.3, -0.25) is 4.90 Å². The summed E-state index contributed by atoms with van der Waals surface area (Å²) in [6.45, 7) is 8.00. The fraction of sp³-hybridized carbons (Fsp3) is 0.588. The summed E-state index contributed by atoms with van der Waals surface area (Å²) in [5.74, 6) is 0.162. The van der Waals surface area contributed by atoms with Crippen LogP contribution in [0.15, 0.2) is 29.4 Å². The van der Waals surface area contributed by atoms with E-state index in [1.165, 1.54) is 44.3 Å². The van der Waals surface area contributed by atoms with Crippen molar-refractivity contribution in [1.29, 1.82) is 0 Å². The fourth-order valence-corrected chi connectivity index (χ4v) is 3.24. The van der Waals surface area contributed by atoms with E-state index in [4.69, 9.17) is 10.9 Å². The van der Waals surface area contributed by atoms with Gasteiger partial charge in [0.15, 0.2) is 5.84 Å². The lowest BCUT2D eigenvalue weighted by atomic mass is 9.74. The van der Waals surface area contributed by atoms with Gasteiger partial charge in [-0.1, -0.05) is 56.1 Å². The number of oxime groups is 1. The number of rotatable bonds is 5. The van der Waals surface area contributed by atoms with E-state index in [9.17, 15) is 0 Å². The molecular formula is C17H27N3O. The summed E-state index contributed by atoms with van der Waals surface area (Å²) in [6, 6.07) is 7.96. The molecule has 116 valence electrons. The van der Waals surface area contributed by atoms with Gasteiger partial charge in [0, 0.05) is 12.1 Å². The van der Waals surface area contributed by atoms with Gasteiger partial charge in [-0.05, 0) is 36.9 Å². The Labute approximate surface area is 127 Å². The van der Waals surface area contributed by atoms with E-state index in [-0.39, 0.29) is 5.84 Å². The number of nitrogens with zero attached hydrogens (tertiary/aromatic N) is 2. The Kier molecular flexibility index (Phi) is 5.23. The standard InChI is InChI=1S/C17H27N3O/c1-3-17(4-2)9-11-20(12-10-17)13-14-5-7-15(8-6-14)16(18)19-21/h5-8,21H,3-4,9-13H2,1-2H3,(H2,18,19). The summed E-state index contributed by atoms with van der Waals surface area (Å²) in [5, 5.41) is 11.7. The number of nitrogens with two attached hydrogens (primary N) is 1. The van der Waals surface area contributed by atoms with Gasteiger partial charge in [0.1, 0.15) is 0 Å². The van der Waals surface area contributed by atoms with Gasteiger partial charge in [-0.15, -0.1) is 0 Å². The molecule has 0 unspecified atom stereocenters. The van der Waals surface area contributed by atoms with Crippen LogP contribution in [0.3, 0.4) is 0 Å². The average Bonchev–Trinajstić information content (AvgIpc) is 2.56. The third-order valence-corrected chi connectivity index (χ3v) is 5.18. The largest absolute Gasteiger partial charge is 0.409 e. The van der Waals surface area contributed by atoms with Crippen molar-refractivity contribution in [2.24, 2.45) is 16.3 Å². The van der Waals surface area contributed by atoms with E-state index in [1.54, 1.807) is 0 Å². The maximum absolute atomic E-state index is 8.67. The predicted molar refractivity (Wildman–Crippen MR) is 86.5 cm³/mol. The highest BCUT2D eigenvalue weighted by Gasteiger charge is 2.30. The van der Waals surface area contributed by atoms with E-state index in [0.717, 1.165) is 12.1 Å². The fourth-order valence-electron chi connectivity index (χ4n) is 3.24. The third kappa shape index (κ3) is 3.76. The molecule has 0 bridgehead atoms. The van der Waals surface area contributed by atoms with E-state index in [1.807, 2.05) is 12.1 Å². The molecule has 1 saturated heterocycles. The van der Waals surface area contributed by atoms with Gasteiger partial charge in [-0.2, -0.15) is 0 Å². The van der Waals surface area contributed by atoms with Crippen LogP contribution in [0.25, 0.3) is 0 Å². The maximum Gasteiger partial charge on any atom is 0.170 e. The van der Waals surface area contributed by atoms with Gasteiger partial charge in [0.2, 0.25) is 0 Å². The predicted octanol–water partition coefficient (Wildman–Crippen LogP) is 3.18. The van der Waals surface area contributed by atoms with Crippen molar-refractivity contribution in [2.45, 2.75) is 46.1 Å². The molecule has 21 heavy (non-hydrogen) atoms. The highest BCUT2D eigenvalue weighted by Crippen LogP contribution is 2.38. The molecule has 0 aliphatic carbocycles. The molecule has 1 aromatic carbocycles. The lowest BCUT2D eigenvalue weighted by molar-refractivity contribution is 0.0909. The number of hydrogen-bond donors (Lipinski definition) is 2. The van der Waals surface area contributed by atoms with Crippen LogP contribution in [0.2, 0.25) is 0 Å². The molecule has 0 spiro atoms. The first kappa shape index (κ1) is 15.8. The Morgan fingerprint density at radius 3 is 2.24 bits per heavy atom. The maximum atomic E-state index is 8.67. The van der Waals surface area contributed by atoms with Crippen LogP contribution in [-0.4, -0.2) is 29.0 Å². The van der Waals surface area contributed by atoms with E-state index in [2.05, 4.69) is 36.0 Å². The summed E-state index contributed by atoms with van der Waals surface area (Å²) in [5.41, 5.74) is 8.20. The third-order valence-electron chi connectivity index (χ3n) is 5.18. The molecule has 0 atom stereocenters. The SMILES string of the molecule is CCC1(CC)CCN(Cc2ccc(C(N)=NO)cc2)CC1. The van der Waals surface area contributed by atoms with Crippen molar-refractivity contribution < 1.29 is 5.21 Å². The van der Waals surface area contributed by atoms with Gasteiger partial charge in [-0.25, -0.2) is 0 Å². The number of likely N-dealkylation sites (tertiary alicyclic amines) is 1. The molecule has 1 aromatic rings. The molecule has 1 fully saturated rings. The lowest BCUT2D eigenvalue weighted by Gasteiger charge is -2.41. The summed E-state index contributed by atoms with van der Waals surface area (Å²) in [6.07, 6.45) is 5.21. The lowest BCUT2D eigenvalue weighted by Crippen LogP contribution is -2.39. The molecule has 1 heterocycles. The quantitative estimate of drug-likeness (QED) is 0.379. The van der Waals surface area contributed by atoms with Gasteiger partial charge < -0.3 is 10.9 Å². The first-order valence-corrected chi connectivity index (χ1v) is 7.91. The van der Waals surface area contributed by atoms with Crippen LogP contribution < -0.4 is 5.73 Å². The molecule has 0 amide bonds. The van der Waals surface area contributed by atoms with Crippen molar-refractivity contribution in [1.82, 2.24) is 4.90 Å². The molecule has 0 aromatic heterocycles. The zero-order valence-corrected chi connectivity index (χ0v) is 13.2. The summed E-state index contributed by atoms with van der Waals surface area (Å²) in [4.78, 5) is 2.53. The molecule has 0 saturated carbocycles. The first-order valence-electron chi connectivity index (χ1n) is 7.91. The minimum atomic E-state index is 0.162. The van der Waals surface area contributed by atoms with Gasteiger partial charge in [0.05, 0.1) is 0 Å². The number of amidine groups is 1. The molecule has 4 nitrogen and oxygen atoms in total. The zero-order chi connectivity index (χ0) is 15.3. The summed E-state index contributed by atoms with van der Waals surface area (Å²) >= 11 is 0. The number of piperidine rings is 1. The topological polar surface area (TPSA) is 61.8 Å². The second kappa shape index (κ2) is 6.94. The summed E-state index contributed by atoms with van der Waals surface area (Å²) < 4.78 is 0. The molecule has 1 aliphatic heterocycles. The molecular weight excluding hydrogens is 262 g/mol. The van der Waals surface area contributed by atoms with Gasteiger partial charge in [0.25, 0.3) is 0 Å². The van der Waals surface area contributed by atoms with E-state index in [0.29, 0.717) is 5.41 Å². The Morgan fingerprint density at radius 1 is 1.19 bits per heavy atom. The minimum absolute atomic E-state index is 0.162. The van der Waals surface area contributed by atoms with Crippen molar-refractivity contribution in [2.75, 3.05) is 13.1 Å². The Morgan fingerprint density at radius 2 is 1.76 bits per heavy atom. The molecule has 2 rings (SSSR count). The number of hydrogen-bond acceptors (Lipinski definition) is 3. The Bertz CT molecular complexity index is 467. The van der Waals surface area contributed by atoms with Crippen LogP contribution >= 0.6 is 0 Å². The van der Waals surface area contributed by atoms with E-state index >= 15 is 0 Å². The molecule has 3 N–H and O–H groups in total. The smallest absolute Gasteiger partial charge is 0.170 e. The Balaban J connectivity index is 1.92. The highest BCUT2D eigenvalue weighted by molar-refractivity contribution is 5.96. The monoisotopic (exact) mass is 289 g/mol. The molecule has 4 heteroatoms. The molecule has 1 aliphatic rings. The van der Waals surface area contributed by atoms with Crippen LogP contribution in [0.5, 0.6) is 0 Å². The minimum Gasteiger partial charge on any atom is -0.409 e. The van der Waals surface area contributed by atoms with E-state index < -0.39 is 0 Å². The van der Waals surface area contributed by atoms with Crippen LogP contribution in [0.4, 0.5) is 0 Å². The average molecular weight is 289 g/mol. The second-order valence-electron chi connectivity index (χ2n) is 6.17. The number of benzene rings is 1.